The fraction of sp³-hybridized carbons (Fsp3) is 0.0667. The average Bonchev–Trinajstić information content (AvgIpc) is 2.44. The van der Waals surface area contributed by atoms with Crippen LogP contribution in [0.2, 0.25) is 0 Å². The number of halogens is 2. The number of anilines is 2. The van der Waals surface area contributed by atoms with E-state index < -0.39 is 0 Å². The quantitative estimate of drug-likeness (QED) is 0.746. The first-order valence-electron chi connectivity index (χ1n) is 6.08. The van der Waals surface area contributed by atoms with E-state index in [2.05, 4.69) is 31.2 Å². The van der Waals surface area contributed by atoms with Crippen LogP contribution in [0.15, 0.2) is 47.2 Å². The van der Waals surface area contributed by atoms with Gasteiger partial charge in [-0.3, -0.25) is 0 Å². The monoisotopic (exact) mass is 331 g/mol. The van der Waals surface area contributed by atoms with E-state index in [0.717, 1.165) is 15.7 Å². The summed E-state index contributed by atoms with van der Waals surface area (Å²) in [6.45, 7) is 1.98. The lowest BCUT2D eigenvalue weighted by Crippen LogP contribution is -1.99. The molecule has 20 heavy (non-hydrogen) atoms. The fourth-order valence-corrected chi connectivity index (χ4v) is 2.40. The summed E-state index contributed by atoms with van der Waals surface area (Å²) in [6.07, 6.45) is 1.43. The lowest BCUT2D eigenvalue weighted by Gasteiger charge is -2.12. The highest BCUT2D eigenvalue weighted by atomic mass is 79.9. The van der Waals surface area contributed by atoms with Crippen molar-refractivity contribution >= 4 is 38.3 Å². The number of nitrogens with zero attached hydrogens (tertiary/aromatic N) is 2. The van der Waals surface area contributed by atoms with E-state index in [1.165, 1.54) is 12.4 Å². The summed E-state index contributed by atoms with van der Waals surface area (Å²) >= 11 is 3.48. The number of rotatable bonds is 2. The molecule has 0 atom stereocenters. The molecule has 0 amide bonds. The number of benzene rings is 2. The van der Waals surface area contributed by atoms with Gasteiger partial charge in [0.05, 0.1) is 10.9 Å². The van der Waals surface area contributed by atoms with Crippen molar-refractivity contribution in [1.29, 1.82) is 0 Å². The highest BCUT2D eigenvalue weighted by Crippen LogP contribution is 2.29. The van der Waals surface area contributed by atoms with E-state index in [9.17, 15) is 4.39 Å². The molecule has 0 aliphatic carbocycles. The van der Waals surface area contributed by atoms with E-state index in [1.807, 2.05) is 25.1 Å². The van der Waals surface area contributed by atoms with Crippen LogP contribution in [-0.4, -0.2) is 9.97 Å². The van der Waals surface area contributed by atoms with Gasteiger partial charge in [0.1, 0.15) is 18.0 Å². The van der Waals surface area contributed by atoms with Gasteiger partial charge in [0.15, 0.2) is 0 Å². The van der Waals surface area contributed by atoms with Crippen LogP contribution in [0.25, 0.3) is 10.9 Å². The molecule has 2 aromatic carbocycles. The van der Waals surface area contributed by atoms with Gasteiger partial charge in [-0.1, -0.05) is 28.1 Å². The molecule has 5 heteroatoms. The van der Waals surface area contributed by atoms with Crippen LogP contribution < -0.4 is 5.32 Å². The molecule has 3 nitrogen and oxygen atoms in total. The van der Waals surface area contributed by atoms with E-state index in [1.54, 1.807) is 12.1 Å². The molecular weight excluding hydrogens is 321 g/mol. The van der Waals surface area contributed by atoms with Crippen LogP contribution in [0.3, 0.4) is 0 Å². The molecule has 0 saturated heterocycles. The largest absolute Gasteiger partial charge is 0.339 e. The summed E-state index contributed by atoms with van der Waals surface area (Å²) in [5, 5.41) is 3.57. The van der Waals surface area contributed by atoms with Crippen LogP contribution in [0.1, 0.15) is 5.56 Å². The molecule has 0 bridgehead atoms. The third-order valence-corrected chi connectivity index (χ3v) is 3.99. The smallest absolute Gasteiger partial charge is 0.144 e. The van der Waals surface area contributed by atoms with Crippen molar-refractivity contribution in [1.82, 2.24) is 9.97 Å². The number of aromatic nitrogens is 2. The Morgan fingerprint density at radius 2 is 1.90 bits per heavy atom. The van der Waals surface area contributed by atoms with Gasteiger partial charge in [0.25, 0.3) is 0 Å². The van der Waals surface area contributed by atoms with Gasteiger partial charge in [-0.15, -0.1) is 0 Å². The molecule has 0 unspecified atom stereocenters. The number of fused-ring (bicyclic) bond motifs is 1. The molecular formula is C15H11BrFN3. The summed E-state index contributed by atoms with van der Waals surface area (Å²) in [6, 6.07) is 10.6. The third-order valence-electron chi connectivity index (χ3n) is 3.13. The van der Waals surface area contributed by atoms with Crippen molar-refractivity contribution in [3.63, 3.8) is 0 Å². The van der Waals surface area contributed by atoms with Crippen molar-refractivity contribution in [3.8, 4) is 0 Å². The fourth-order valence-electron chi connectivity index (χ4n) is 2.03. The van der Waals surface area contributed by atoms with Gasteiger partial charge in [0.2, 0.25) is 0 Å². The minimum atomic E-state index is -0.335. The highest BCUT2D eigenvalue weighted by molar-refractivity contribution is 9.10. The maximum atomic E-state index is 14.0. The van der Waals surface area contributed by atoms with E-state index in [0.29, 0.717) is 16.7 Å². The van der Waals surface area contributed by atoms with Gasteiger partial charge in [-0.25, -0.2) is 14.4 Å². The summed E-state index contributed by atoms with van der Waals surface area (Å²) < 4.78 is 15.0. The second-order valence-electron chi connectivity index (χ2n) is 4.39. The van der Waals surface area contributed by atoms with Crippen molar-refractivity contribution < 1.29 is 4.39 Å². The molecule has 3 aromatic rings. The zero-order valence-electron chi connectivity index (χ0n) is 10.7. The van der Waals surface area contributed by atoms with Crippen LogP contribution in [0.4, 0.5) is 15.9 Å². The van der Waals surface area contributed by atoms with E-state index >= 15 is 0 Å². The number of hydrogen-bond donors (Lipinski definition) is 1. The summed E-state index contributed by atoms with van der Waals surface area (Å²) in [5.41, 5.74) is 2.49. The van der Waals surface area contributed by atoms with Crippen LogP contribution in [-0.2, 0) is 0 Å². The van der Waals surface area contributed by atoms with Crippen molar-refractivity contribution in [2.24, 2.45) is 0 Å². The SMILES string of the molecule is Cc1c(Br)cccc1Nc1ncnc2cccc(F)c12. The van der Waals surface area contributed by atoms with Gasteiger partial charge in [-0.2, -0.15) is 0 Å². The molecule has 1 aromatic heterocycles. The second-order valence-corrected chi connectivity index (χ2v) is 5.25. The standard InChI is InChI=1S/C15H11BrFN3/c1-9-10(16)4-2-6-12(9)20-15-14-11(17)5-3-7-13(14)18-8-19-15/h2-8H,1H3,(H,18,19,20). The number of hydrogen-bond acceptors (Lipinski definition) is 3. The molecule has 100 valence electrons. The van der Waals surface area contributed by atoms with Crippen LogP contribution >= 0.6 is 15.9 Å². The van der Waals surface area contributed by atoms with Gasteiger partial charge < -0.3 is 5.32 Å². The minimum Gasteiger partial charge on any atom is -0.339 e. The Labute approximate surface area is 124 Å². The van der Waals surface area contributed by atoms with Crippen LogP contribution in [0, 0.1) is 12.7 Å². The Morgan fingerprint density at radius 1 is 1.10 bits per heavy atom. The minimum absolute atomic E-state index is 0.335. The second kappa shape index (κ2) is 5.17. The zero-order chi connectivity index (χ0) is 14.1. The Kier molecular flexibility index (Phi) is 3.36. The predicted octanol–water partition coefficient (Wildman–Crippen LogP) is 4.58. The van der Waals surface area contributed by atoms with E-state index in [-0.39, 0.29) is 5.82 Å². The van der Waals surface area contributed by atoms with Gasteiger partial charge in [-0.05, 0) is 36.8 Å². The maximum Gasteiger partial charge on any atom is 0.144 e. The normalized spacial score (nSPS) is 10.8. The van der Waals surface area contributed by atoms with Crippen molar-refractivity contribution in [2.45, 2.75) is 6.92 Å². The molecule has 1 heterocycles. The zero-order valence-corrected chi connectivity index (χ0v) is 12.3. The van der Waals surface area contributed by atoms with Crippen molar-refractivity contribution in [2.75, 3.05) is 5.32 Å². The predicted molar refractivity (Wildman–Crippen MR) is 81.7 cm³/mol. The molecule has 0 spiro atoms. The summed E-state index contributed by atoms with van der Waals surface area (Å²) in [7, 11) is 0. The summed E-state index contributed by atoms with van der Waals surface area (Å²) in [5.74, 6) is 0.132. The summed E-state index contributed by atoms with van der Waals surface area (Å²) in [4.78, 5) is 8.24. The molecule has 3 rings (SSSR count). The Morgan fingerprint density at radius 3 is 2.75 bits per heavy atom. The van der Waals surface area contributed by atoms with Crippen LogP contribution in [0.5, 0.6) is 0 Å². The third kappa shape index (κ3) is 2.25. The first-order chi connectivity index (χ1) is 9.66. The Hall–Kier alpha value is -2.01. The lowest BCUT2D eigenvalue weighted by atomic mass is 10.2. The maximum absolute atomic E-state index is 14.0. The van der Waals surface area contributed by atoms with Crippen molar-refractivity contribution in [3.05, 3.63) is 58.6 Å². The Bertz CT molecular complexity index is 784. The molecule has 1 N–H and O–H groups in total. The number of nitrogens with one attached hydrogen (secondary N) is 1. The average molecular weight is 332 g/mol. The van der Waals surface area contributed by atoms with Gasteiger partial charge in [0, 0.05) is 10.2 Å². The topological polar surface area (TPSA) is 37.8 Å². The Balaban J connectivity index is 2.14. The molecule has 0 fully saturated rings. The lowest BCUT2D eigenvalue weighted by molar-refractivity contribution is 0.639. The molecule has 0 radical (unpaired) electrons. The molecule has 0 saturated carbocycles. The van der Waals surface area contributed by atoms with Gasteiger partial charge >= 0.3 is 0 Å². The molecule has 0 aliphatic rings. The highest BCUT2D eigenvalue weighted by Gasteiger charge is 2.10. The first kappa shape index (κ1) is 13.0. The molecule has 0 aliphatic heterocycles. The van der Waals surface area contributed by atoms with E-state index in [4.69, 9.17) is 0 Å². The first-order valence-corrected chi connectivity index (χ1v) is 6.87.